The van der Waals surface area contributed by atoms with Crippen LogP contribution in [-0.2, 0) is 28.8 Å². The Labute approximate surface area is 227 Å². The molecule has 1 amide bonds. The smallest absolute Gasteiger partial charge is 0.351 e. The predicted molar refractivity (Wildman–Crippen MR) is 143 cm³/mol. The van der Waals surface area contributed by atoms with Crippen LogP contribution in [0.5, 0.6) is 0 Å². The third kappa shape index (κ3) is 6.53. The van der Waals surface area contributed by atoms with Crippen molar-refractivity contribution in [2.24, 2.45) is 5.92 Å². The number of amides is 1. The number of hydrogen-bond acceptors (Lipinski definition) is 4. The molecular formula is C30H35F3N4O2. The van der Waals surface area contributed by atoms with E-state index in [0.717, 1.165) is 41.9 Å². The zero-order valence-electron chi connectivity index (χ0n) is 22.2. The topological polar surface area (TPSA) is 59.4 Å². The molecule has 2 aromatic carbocycles. The molecule has 2 aliphatic rings. The number of carbonyl (C=O) groups is 1. The summed E-state index contributed by atoms with van der Waals surface area (Å²) in [5.74, 6) is -0.282. The third-order valence-corrected chi connectivity index (χ3v) is 7.94. The highest BCUT2D eigenvalue weighted by atomic mass is 19.4. The number of fused-ring (bicyclic) bond motifs is 1. The second-order valence-electron chi connectivity index (χ2n) is 10.5. The Morgan fingerprint density at radius 2 is 1.79 bits per heavy atom. The van der Waals surface area contributed by atoms with Gasteiger partial charge >= 0.3 is 6.36 Å². The summed E-state index contributed by atoms with van der Waals surface area (Å²) in [6, 6.07) is 19.7. The summed E-state index contributed by atoms with van der Waals surface area (Å²) in [5.41, 5.74) is 5.56. The van der Waals surface area contributed by atoms with E-state index >= 15 is 0 Å². The molecular weight excluding hydrogens is 505 g/mol. The van der Waals surface area contributed by atoms with Crippen molar-refractivity contribution in [3.63, 3.8) is 0 Å². The number of nitrogens with zero attached hydrogens (tertiary/aromatic N) is 3. The van der Waals surface area contributed by atoms with Crippen molar-refractivity contribution < 1.29 is 22.7 Å². The van der Waals surface area contributed by atoms with E-state index in [1.54, 1.807) is 0 Å². The fourth-order valence-electron chi connectivity index (χ4n) is 5.95. The number of nitrogens with one attached hydrogen (secondary N) is 1. The highest BCUT2D eigenvalue weighted by Crippen LogP contribution is 2.31. The number of aromatic nitrogens is 2. The predicted octanol–water partition coefficient (Wildman–Crippen LogP) is 5.05. The molecule has 0 saturated carbocycles. The number of para-hydroxylation sites is 1. The normalized spacial score (nSPS) is 20.2. The van der Waals surface area contributed by atoms with Gasteiger partial charge in [-0.3, -0.25) is 14.4 Å². The minimum absolute atomic E-state index is 0.0161. The number of hydrogen-bond donors (Lipinski definition) is 1. The van der Waals surface area contributed by atoms with Gasteiger partial charge in [-0.05, 0) is 48.9 Å². The molecule has 208 valence electrons. The molecule has 1 aliphatic heterocycles. The van der Waals surface area contributed by atoms with E-state index in [1.807, 2.05) is 77.2 Å². The lowest BCUT2D eigenvalue weighted by Crippen LogP contribution is -2.43. The minimum atomic E-state index is -4.65. The molecule has 1 fully saturated rings. The first kappa shape index (κ1) is 27.4. The second-order valence-corrected chi connectivity index (χ2v) is 10.5. The van der Waals surface area contributed by atoms with Gasteiger partial charge in [0.2, 0.25) is 5.91 Å². The number of ether oxygens (including phenoxy) is 1. The van der Waals surface area contributed by atoms with Gasteiger partial charge in [-0.2, -0.15) is 5.10 Å². The van der Waals surface area contributed by atoms with Gasteiger partial charge in [-0.1, -0.05) is 55.5 Å². The van der Waals surface area contributed by atoms with Gasteiger partial charge in [-0.25, -0.2) is 4.68 Å². The van der Waals surface area contributed by atoms with E-state index in [2.05, 4.69) is 10.1 Å². The SMILES string of the molecule is CCC(Cc1c2c(nn1-c1ccccc1)CCC2)C(=O)NC1CN(CCOC(F)(F)F)CC1c1ccccc1. The van der Waals surface area contributed by atoms with Crippen LogP contribution in [0, 0.1) is 5.92 Å². The van der Waals surface area contributed by atoms with Crippen molar-refractivity contribution in [3.05, 3.63) is 83.2 Å². The first-order valence-corrected chi connectivity index (χ1v) is 13.8. The first-order chi connectivity index (χ1) is 18.8. The van der Waals surface area contributed by atoms with Crippen molar-refractivity contribution in [2.45, 2.75) is 57.3 Å². The van der Waals surface area contributed by atoms with Gasteiger partial charge in [0.05, 0.1) is 18.0 Å². The average Bonchev–Trinajstić information content (AvgIpc) is 3.63. The quantitative estimate of drug-likeness (QED) is 0.391. The van der Waals surface area contributed by atoms with Crippen LogP contribution in [0.3, 0.4) is 0 Å². The lowest BCUT2D eigenvalue weighted by Gasteiger charge is -2.24. The minimum Gasteiger partial charge on any atom is -0.351 e. The second kappa shape index (κ2) is 11.9. The van der Waals surface area contributed by atoms with E-state index < -0.39 is 13.0 Å². The molecule has 1 N–H and O–H groups in total. The molecule has 1 aliphatic carbocycles. The van der Waals surface area contributed by atoms with Crippen LogP contribution in [0.15, 0.2) is 60.7 Å². The number of likely N-dealkylation sites (tertiary alicyclic amines) is 1. The van der Waals surface area contributed by atoms with E-state index in [0.29, 0.717) is 25.9 Å². The van der Waals surface area contributed by atoms with Crippen LogP contribution in [0.4, 0.5) is 13.2 Å². The van der Waals surface area contributed by atoms with Crippen molar-refractivity contribution in [2.75, 3.05) is 26.2 Å². The van der Waals surface area contributed by atoms with Crippen LogP contribution < -0.4 is 5.32 Å². The largest absolute Gasteiger partial charge is 0.522 e. The average molecular weight is 541 g/mol. The Kier molecular flexibility index (Phi) is 8.37. The zero-order chi connectivity index (χ0) is 27.4. The van der Waals surface area contributed by atoms with E-state index in [1.165, 1.54) is 5.56 Å². The van der Waals surface area contributed by atoms with Crippen molar-refractivity contribution >= 4 is 5.91 Å². The summed E-state index contributed by atoms with van der Waals surface area (Å²) in [7, 11) is 0. The van der Waals surface area contributed by atoms with Gasteiger partial charge in [0.15, 0.2) is 0 Å². The lowest BCUT2D eigenvalue weighted by molar-refractivity contribution is -0.324. The fraction of sp³-hybridized carbons (Fsp3) is 0.467. The van der Waals surface area contributed by atoms with E-state index in [4.69, 9.17) is 5.10 Å². The molecule has 6 nitrogen and oxygen atoms in total. The summed E-state index contributed by atoms with van der Waals surface area (Å²) >= 11 is 0. The standard InChI is InChI=1S/C30H35F3N4O2/c1-2-21(18-28-24-14-9-15-26(24)35-37(28)23-12-7-4-8-13-23)29(38)34-27-20-36(16-17-39-30(31,32)33)19-25(27)22-10-5-3-6-11-22/h3-8,10-13,21,25,27H,2,9,14-20H2,1H3,(H,34,38). The molecule has 2 heterocycles. The van der Waals surface area contributed by atoms with Crippen molar-refractivity contribution in [1.82, 2.24) is 20.0 Å². The Balaban J connectivity index is 1.32. The highest BCUT2D eigenvalue weighted by molar-refractivity contribution is 5.79. The van der Waals surface area contributed by atoms with Gasteiger partial charge in [0.1, 0.15) is 0 Å². The molecule has 3 aromatic rings. The molecule has 5 rings (SSSR count). The summed E-state index contributed by atoms with van der Waals surface area (Å²) < 4.78 is 43.6. The molecule has 0 bridgehead atoms. The molecule has 1 aromatic heterocycles. The monoisotopic (exact) mass is 540 g/mol. The van der Waals surface area contributed by atoms with Crippen LogP contribution in [0.1, 0.15) is 48.2 Å². The van der Waals surface area contributed by atoms with Crippen LogP contribution in [-0.4, -0.2) is 59.2 Å². The van der Waals surface area contributed by atoms with Crippen LogP contribution >= 0.6 is 0 Å². The fourth-order valence-corrected chi connectivity index (χ4v) is 5.95. The first-order valence-electron chi connectivity index (χ1n) is 13.8. The van der Waals surface area contributed by atoms with Crippen molar-refractivity contribution in [1.29, 1.82) is 0 Å². The van der Waals surface area contributed by atoms with Gasteiger partial charge in [0, 0.05) is 49.6 Å². The van der Waals surface area contributed by atoms with Gasteiger partial charge < -0.3 is 5.32 Å². The zero-order valence-corrected chi connectivity index (χ0v) is 22.2. The molecule has 3 unspecified atom stereocenters. The maximum Gasteiger partial charge on any atom is 0.522 e. The number of rotatable bonds is 10. The molecule has 9 heteroatoms. The summed E-state index contributed by atoms with van der Waals surface area (Å²) in [5, 5.41) is 8.19. The van der Waals surface area contributed by atoms with Crippen LogP contribution in [0.25, 0.3) is 5.69 Å². The Morgan fingerprint density at radius 1 is 1.08 bits per heavy atom. The maximum absolute atomic E-state index is 13.7. The molecule has 0 spiro atoms. The number of benzene rings is 2. The molecule has 0 radical (unpaired) electrons. The van der Waals surface area contributed by atoms with Crippen LogP contribution in [0.2, 0.25) is 0 Å². The molecule has 39 heavy (non-hydrogen) atoms. The number of aryl methyl sites for hydroxylation is 1. The Hall–Kier alpha value is -3.17. The Morgan fingerprint density at radius 3 is 2.49 bits per heavy atom. The van der Waals surface area contributed by atoms with Gasteiger partial charge in [-0.15, -0.1) is 13.2 Å². The number of halogens is 3. The number of alkyl halides is 3. The molecule has 3 atom stereocenters. The molecule has 1 saturated heterocycles. The lowest BCUT2D eigenvalue weighted by atomic mass is 9.92. The summed E-state index contributed by atoms with van der Waals surface area (Å²) in [6.45, 7) is 2.77. The maximum atomic E-state index is 13.7. The summed E-state index contributed by atoms with van der Waals surface area (Å²) in [4.78, 5) is 15.6. The Bertz CT molecular complexity index is 1250. The summed E-state index contributed by atoms with van der Waals surface area (Å²) in [6.07, 6.45) is -0.369. The van der Waals surface area contributed by atoms with E-state index in [-0.39, 0.29) is 30.3 Å². The number of carbonyl (C=O) groups excluding carboxylic acids is 1. The third-order valence-electron chi connectivity index (χ3n) is 7.94. The van der Waals surface area contributed by atoms with Crippen molar-refractivity contribution in [3.8, 4) is 5.69 Å². The highest BCUT2D eigenvalue weighted by Gasteiger charge is 2.37. The van der Waals surface area contributed by atoms with Gasteiger partial charge in [0.25, 0.3) is 0 Å². The van der Waals surface area contributed by atoms with E-state index in [9.17, 15) is 18.0 Å².